The second-order valence-electron chi connectivity index (χ2n) is 5.93. The van der Waals surface area contributed by atoms with Crippen molar-refractivity contribution in [2.24, 2.45) is 0 Å². The Morgan fingerprint density at radius 1 is 1.08 bits per heavy atom. The lowest BCUT2D eigenvalue weighted by Gasteiger charge is -2.15. The molecular weight excluding hydrogens is 336 g/mol. The van der Waals surface area contributed by atoms with Crippen LogP contribution < -0.4 is 0 Å². The van der Waals surface area contributed by atoms with Gasteiger partial charge in [-0.2, -0.15) is 0 Å². The Morgan fingerprint density at radius 3 is 2.58 bits per heavy atom. The number of carbonyl (C=O) groups is 1. The predicted octanol–water partition coefficient (Wildman–Crippen LogP) is 4.82. The highest BCUT2D eigenvalue weighted by atomic mass is 32.2. The highest BCUT2D eigenvalue weighted by Gasteiger charge is 2.19. The summed E-state index contributed by atoms with van der Waals surface area (Å²) < 4.78 is 2.32. The number of fused-ring (bicyclic) bond motifs is 1. The molecule has 3 aromatic rings. The average molecular weight is 355 g/mol. The normalized spacial score (nSPS) is 14.4. The molecule has 0 bridgehead atoms. The molecule has 0 atom stereocenters. The third kappa shape index (κ3) is 3.32. The van der Waals surface area contributed by atoms with Crippen molar-refractivity contribution in [1.29, 1.82) is 0 Å². The molecule has 122 valence electrons. The lowest BCUT2D eigenvalue weighted by Crippen LogP contribution is -2.27. The molecule has 5 heteroatoms. The van der Waals surface area contributed by atoms with E-state index < -0.39 is 0 Å². The van der Waals surface area contributed by atoms with E-state index in [0.717, 1.165) is 47.1 Å². The Morgan fingerprint density at radius 2 is 1.83 bits per heavy atom. The largest absolute Gasteiger partial charge is 0.339 e. The Kier molecular flexibility index (Phi) is 4.54. The molecule has 1 fully saturated rings. The fourth-order valence-corrected chi connectivity index (χ4v) is 4.93. The number of thioether (sulfide) groups is 1. The predicted molar refractivity (Wildman–Crippen MR) is 101 cm³/mol. The third-order valence-corrected chi connectivity index (χ3v) is 6.48. The van der Waals surface area contributed by atoms with E-state index in [1.807, 2.05) is 29.2 Å². The van der Waals surface area contributed by atoms with E-state index in [2.05, 4.69) is 29.2 Å². The van der Waals surface area contributed by atoms with Crippen molar-refractivity contribution in [1.82, 2.24) is 9.88 Å². The molecule has 1 amide bonds. The minimum atomic E-state index is 0.165. The average Bonchev–Trinajstić information content (AvgIpc) is 3.29. The Bertz CT molecular complexity index is 818. The first-order valence-electron chi connectivity index (χ1n) is 8.16. The molecule has 4 rings (SSSR count). The molecule has 0 N–H and O–H groups in total. The van der Waals surface area contributed by atoms with Crippen molar-refractivity contribution < 1.29 is 4.79 Å². The number of nitrogens with zero attached hydrogens (tertiary/aromatic N) is 2. The highest BCUT2D eigenvalue weighted by Crippen LogP contribution is 2.31. The molecule has 1 aromatic heterocycles. The number of para-hydroxylation sites is 1. The van der Waals surface area contributed by atoms with Gasteiger partial charge in [-0.15, -0.1) is 11.3 Å². The van der Waals surface area contributed by atoms with E-state index in [1.54, 1.807) is 23.1 Å². The number of hydrogen-bond donors (Lipinski definition) is 0. The summed E-state index contributed by atoms with van der Waals surface area (Å²) in [6.07, 6.45) is 2.26. The molecule has 24 heavy (non-hydrogen) atoms. The lowest BCUT2D eigenvalue weighted by atomic mass is 10.1. The monoisotopic (exact) mass is 354 g/mol. The number of hydrogen-bond acceptors (Lipinski definition) is 4. The molecule has 1 aliphatic heterocycles. The summed E-state index contributed by atoms with van der Waals surface area (Å²) in [6, 6.07) is 16.2. The van der Waals surface area contributed by atoms with Crippen LogP contribution in [-0.2, 0) is 5.75 Å². The summed E-state index contributed by atoms with van der Waals surface area (Å²) in [6.45, 7) is 1.79. The molecular formula is C19H18N2OS2. The number of carbonyl (C=O) groups excluding carboxylic acids is 1. The minimum absolute atomic E-state index is 0.165. The smallest absolute Gasteiger partial charge is 0.253 e. The first-order chi connectivity index (χ1) is 11.8. The summed E-state index contributed by atoms with van der Waals surface area (Å²) in [5.41, 5.74) is 3.08. The number of amides is 1. The van der Waals surface area contributed by atoms with Crippen LogP contribution in [0.15, 0.2) is 52.9 Å². The van der Waals surface area contributed by atoms with E-state index >= 15 is 0 Å². The van der Waals surface area contributed by atoms with Crippen molar-refractivity contribution in [2.75, 3.05) is 13.1 Å². The van der Waals surface area contributed by atoms with E-state index in [0.29, 0.717) is 0 Å². The van der Waals surface area contributed by atoms with E-state index in [1.165, 1.54) is 10.3 Å². The Hall–Kier alpha value is -1.85. The van der Waals surface area contributed by atoms with Crippen LogP contribution in [-0.4, -0.2) is 28.9 Å². The molecule has 0 aliphatic carbocycles. The van der Waals surface area contributed by atoms with Crippen molar-refractivity contribution in [3.8, 4) is 0 Å². The molecule has 2 heterocycles. The maximum Gasteiger partial charge on any atom is 0.253 e. The van der Waals surface area contributed by atoms with Gasteiger partial charge >= 0.3 is 0 Å². The maximum atomic E-state index is 12.3. The quantitative estimate of drug-likeness (QED) is 0.630. The van der Waals surface area contributed by atoms with Gasteiger partial charge in [-0.25, -0.2) is 4.98 Å². The van der Waals surface area contributed by atoms with Crippen molar-refractivity contribution >= 4 is 39.2 Å². The topological polar surface area (TPSA) is 33.2 Å². The second-order valence-corrected chi connectivity index (χ2v) is 8.19. The van der Waals surface area contributed by atoms with Gasteiger partial charge in [0.2, 0.25) is 0 Å². The zero-order valence-corrected chi connectivity index (χ0v) is 14.9. The summed E-state index contributed by atoms with van der Waals surface area (Å²) in [7, 11) is 0. The minimum Gasteiger partial charge on any atom is -0.339 e. The first-order valence-corrected chi connectivity index (χ1v) is 9.96. The maximum absolute atomic E-state index is 12.3. The standard InChI is InChI=1S/C19H18N2OS2/c22-18(21-11-3-4-12-21)15-9-7-14(8-10-15)13-23-19-20-16-5-1-2-6-17(16)24-19/h1-2,5-10H,3-4,11-13H2. The Labute approximate surface area is 149 Å². The van der Waals surface area contributed by atoms with Crippen LogP contribution in [0, 0.1) is 0 Å². The molecule has 3 nitrogen and oxygen atoms in total. The molecule has 0 unspecified atom stereocenters. The van der Waals surface area contributed by atoms with Crippen molar-refractivity contribution in [2.45, 2.75) is 22.9 Å². The van der Waals surface area contributed by atoms with Gasteiger partial charge in [0.15, 0.2) is 4.34 Å². The Balaban J connectivity index is 1.40. The zero-order valence-electron chi connectivity index (χ0n) is 13.3. The first kappa shape index (κ1) is 15.7. The van der Waals surface area contributed by atoms with Crippen LogP contribution in [0.25, 0.3) is 10.2 Å². The van der Waals surface area contributed by atoms with Gasteiger partial charge in [0, 0.05) is 24.4 Å². The number of aromatic nitrogens is 1. The molecule has 0 spiro atoms. The van der Waals surface area contributed by atoms with Crippen LogP contribution in [0.3, 0.4) is 0 Å². The van der Waals surface area contributed by atoms with E-state index in [-0.39, 0.29) is 5.91 Å². The van der Waals surface area contributed by atoms with Gasteiger partial charge in [0.05, 0.1) is 10.2 Å². The van der Waals surface area contributed by atoms with Crippen LogP contribution in [0.4, 0.5) is 0 Å². The van der Waals surface area contributed by atoms with Crippen molar-refractivity contribution in [3.05, 3.63) is 59.7 Å². The number of rotatable bonds is 4. The second kappa shape index (κ2) is 6.95. The third-order valence-electron chi connectivity index (χ3n) is 4.23. The summed E-state index contributed by atoms with van der Waals surface area (Å²) in [4.78, 5) is 18.9. The molecule has 0 radical (unpaired) electrons. The molecule has 2 aromatic carbocycles. The SMILES string of the molecule is O=C(c1ccc(CSc2nc3ccccc3s2)cc1)N1CCCC1. The number of benzene rings is 2. The van der Waals surface area contributed by atoms with Gasteiger partial charge in [-0.05, 0) is 42.7 Å². The van der Waals surface area contributed by atoms with Gasteiger partial charge in [0.25, 0.3) is 5.91 Å². The summed E-state index contributed by atoms with van der Waals surface area (Å²) >= 11 is 3.48. The molecule has 1 aliphatic rings. The lowest BCUT2D eigenvalue weighted by molar-refractivity contribution is 0.0793. The summed E-state index contributed by atoms with van der Waals surface area (Å²) in [5, 5.41) is 0. The number of thiazole rings is 1. The molecule has 1 saturated heterocycles. The summed E-state index contributed by atoms with van der Waals surface area (Å²) in [5.74, 6) is 1.04. The van der Waals surface area contributed by atoms with Crippen LogP contribution in [0.5, 0.6) is 0 Å². The van der Waals surface area contributed by atoms with E-state index in [4.69, 9.17) is 0 Å². The highest BCUT2D eigenvalue weighted by molar-refractivity contribution is 8.00. The van der Waals surface area contributed by atoms with Gasteiger partial charge in [-0.1, -0.05) is 36.0 Å². The number of likely N-dealkylation sites (tertiary alicyclic amines) is 1. The fourth-order valence-electron chi connectivity index (χ4n) is 2.90. The van der Waals surface area contributed by atoms with Crippen LogP contribution >= 0.6 is 23.1 Å². The fraction of sp³-hybridized carbons (Fsp3) is 0.263. The van der Waals surface area contributed by atoms with Crippen LogP contribution in [0.1, 0.15) is 28.8 Å². The van der Waals surface area contributed by atoms with Gasteiger partial charge in [-0.3, -0.25) is 4.79 Å². The van der Waals surface area contributed by atoms with E-state index in [9.17, 15) is 4.79 Å². The van der Waals surface area contributed by atoms with Gasteiger partial charge < -0.3 is 4.90 Å². The molecule has 0 saturated carbocycles. The van der Waals surface area contributed by atoms with Crippen LogP contribution in [0.2, 0.25) is 0 Å². The van der Waals surface area contributed by atoms with Gasteiger partial charge in [0.1, 0.15) is 0 Å². The van der Waals surface area contributed by atoms with Crippen molar-refractivity contribution in [3.63, 3.8) is 0 Å². The zero-order chi connectivity index (χ0) is 16.4.